The van der Waals surface area contributed by atoms with Crippen molar-refractivity contribution in [1.29, 1.82) is 0 Å². The van der Waals surface area contributed by atoms with Crippen LogP contribution in [0.15, 0.2) is 133 Å². The highest BCUT2D eigenvalue weighted by Crippen LogP contribution is 2.67. The molecule has 1 saturated heterocycles. The van der Waals surface area contributed by atoms with Crippen LogP contribution in [0.1, 0.15) is 128 Å². The molecule has 9 rings (SSSR count). The SMILES string of the molecule is CC(C)CCC[C@@H](C)[C@@H]1CC[C@H]2[C@@H]3CC=C4CC(O[C@@H]5OC(COCc6ccccc6)[C@@H](OCc6ccccc6)C(OCc6ccccc6)C5OCc5ccccc5)CC[C@@]4(C)[C@@H]3CC[C@@]21C. The molecule has 4 aromatic rings. The van der Waals surface area contributed by atoms with Crippen LogP contribution in [0, 0.1) is 46.3 Å². The summed E-state index contributed by atoms with van der Waals surface area (Å²) in [5.41, 5.74) is 6.70. The van der Waals surface area contributed by atoms with Gasteiger partial charge in [0.15, 0.2) is 6.29 Å². The van der Waals surface area contributed by atoms with Crippen molar-refractivity contribution >= 4 is 0 Å². The summed E-state index contributed by atoms with van der Waals surface area (Å²) in [4.78, 5) is 0. The summed E-state index contributed by atoms with van der Waals surface area (Å²) >= 11 is 0. The van der Waals surface area contributed by atoms with Gasteiger partial charge in [0.2, 0.25) is 0 Å². The van der Waals surface area contributed by atoms with E-state index in [0.29, 0.717) is 38.4 Å². The second-order valence-electron chi connectivity index (χ2n) is 22.1. The van der Waals surface area contributed by atoms with Crippen LogP contribution in [-0.2, 0) is 54.8 Å². The third-order valence-electron chi connectivity index (χ3n) is 17.4. The molecule has 4 unspecified atom stereocenters. The third kappa shape index (κ3) is 11.4. The molecule has 0 aromatic heterocycles. The Morgan fingerprint density at radius 2 is 1.16 bits per heavy atom. The van der Waals surface area contributed by atoms with E-state index in [9.17, 15) is 0 Å². The monoisotopic (exact) mass is 909 g/mol. The summed E-state index contributed by atoms with van der Waals surface area (Å²) in [7, 11) is 0. The summed E-state index contributed by atoms with van der Waals surface area (Å²) in [5.74, 6) is 4.89. The quantitative estimate of drug-likeness (QED) is 0.0824. The maximum absolute atomic E-state index is 7.35. The van der Waals surface area contributed by atoms with Crippen molar-refractivity contribution in [2.75, 3.05) is 6.61 Å². The molecular weight excluding hydrogens is 829 g/mol. The van der Waals surface area contributed by atoms with E-state index < -0.39 is 30.7 Å². The predicted octanol–water partition coefficient (Wildman–Crippen LogP) is 14.1. The average molecular weight is 909 g/mol. The smallest absolute Gasteiger partial charge is 0.187 e. The van der Waals surface area contributed by atoms with Crippen LogP contribution in [-0.4, -0.2) is 43.4 Å². The highest BCUT2D eigenvalue weighted by molar-refractivity contribution is 5.26. The molecule has 4 aromatic carbocycles. The molecule has 6 heteroatoms. The number of hydrogen-bond donors (Lipinski definition) is 0. The summed E-state index contributed by atoms with van der Waals surface area (Å²) in [6.07, 6.45) is 14.0. The molecule has 67 heavy (non-hydrogen) atoms. The van der Waals surface area contributed by atoms with E-state index in [1.165, 1.54) is 51.4 Å². The Kier molecular flexibility index (Phi) is 16.2. The highest BCUT2D eigenvalue weighted by Gasteiger charge is 2.59. The molecule has 0 N–H and O–H groups in total. The zero-order chi connectivity index (χ0) is 46.2. The van der Waals surface area contributed by atoms with E-state index in [4.69, 9.17) is 28.4 Å². The second-order valence-corrected chi connectivity index (χ2v) is 22.1. The van der Waals surface area contributed by atoms with Crippen molar-refractivity contribution in [3.8, 4) is 0 Å². The van der Waals surface area contributed by atoms with Crippen LogP contribution in [0.3, 0.4) is 0 Å². The van der Waals surface area contributed by atoms with E-state index in [2.05, 4.69) is 138 Å². The summed E-state index contributed by atoms with van der Waals surface area (Å²) in [6.45, 7) is 14.7. The van der Waals surface area contributed by atoms with E-state index in [0.717, 1.165) is 77.0 Å². The van der Waals surface area contributed by atoms with E-state index in [1.54, 1.807) is 5.57 Å². The Labute approximate surface area is 403 Å². The fourth-order valence-corrected chi connectivity index (χ4v) is 13.8. The van der Waals surface area contributed by atoms with Crippen LogP contribution >= 0.6 is 0 Å². The number of hydrogen-bond acceptors (Lipinski definition) is 6. The predicted molar refractivity (Wildman–Crippen MR) is 268 cm³/mol. The molecule has 6 nitrogen and oxygen atoms in total. The van der Waals surface area contributed by atoms with Gasteiger partial charge >= 0.3 is 0 Å². The fraction of sp³-hybridized carbons (Fsp3) is 0.574. The van der Waals surface area contributed by atoms with Gasteiger partial charge < -0.3 is 28.4 Å². The highest BCUT2D eigenvalue weighted by atomic mass is 16.7. The lowest BCUT2D eigenvalue weighted by Gasteiger charge is -2.58. The number of ether oxygens (including phenoxy) is 6. The van der Waals surface area contributed by atoms with Crippen LogP contribution in [0.4, 0.5) is 0 Å². The molecule has 1 aliphatic heterocycles. The van der Waals surface area contributed by atoms with Crippen molar-refractivity contribution in [3.05, 3.63) is 155 Å². The molecule has 4 aliphatic carbocycles. The Morgan fingerprint density at radius 3 is 1.76 bits per heavy atom. The molecule has 1 heterocycles. The number of allylic oxidation sites excluding steroid dienone is 1. The molecule has 4 fully saturated rings. The van der Waals surface area contributed by atoms with Gasteiger partial charge in [0.05, 0.1) is 39.1 Å². The first-order valence-corrected chi connectivity index (χ1v) is 26.3. The van der Waals surface area contributed by atoms with Crippen LogP contribution in [0.25, 0.3) is 0 Å². The number of fused-ring (bicyclic) bond motifs is 5. The van der Waals surface area contributed by atoms with Gasteiger partial charge in [-0.05, 0) is 120 Å². The molecule has 0 bridgehead atoms. The van der Waals surface area contributed by atoms with Gasteiger partial charge in [0, 0.05) is 0 Å². The van der Waals surface area contributed by atoms with E-state index in [1.807, 2.05) is 24.3 Å². The molecule has 0 spiro atoms. The lowest BCUT2D eigenvalue weighted by Crippen LogP contribution is -2.62. The van der Waals surface area contributed by atoms with Crippen molar-refractivity contribution in [2.45, 2.75) is 168 Å². The number of rotatable bonds is 20. The van der Waals surface area contributed by atoms with Gasteiger partial charge in [-0.1, -0.05) is 187 Å². The van der Waals surface area contributed by atoms with Crippen LogP contribution in [0.2, 0.25) is 0 Å². The first kappa shape index (κ1) is 48.4. The van der Waals surface area contributed by atoms with Crippen molar-refractivity contribution in [3.63, 3.8) is 0 Å². The second kappa shape index (κ2) is 22.4. The van der Waals surface area contributed by atoms with Crippen molar-refractivity contribution in [2.24, 2.45) is 46.3 Å². The summed E-state index contributed by atoms with van der Waals surface area (Å²) in [5, 5.41) is 0. The van der Waals surface area contributed by atoms with Gasteiger partial charge in [-0.15, -0.1) is 0 Å². The number of benzene rings is 4. The van der Waals surface area contributed by atoms with Crippen molar-refractivity contribution in [1.82, 2.24) is 0 Å². The zero-order valence-electron chi connectivity index (χ0n) is 41.3. The molecule has 0 radical (unpaired) electrons. The average Bonchev–Trinajstić information content (AvgIpc) is 3.71. The van der Waals surface area contributed by atoms with Crippen molar-refractivity contribution < 1.29 is 28.4 Å². The zero-order valence-corrected chi connectivity index (χ0v) is 41.3. The molecular formula is C61H80O6. The van der Waals surface area contributed by atoms with Gasteiger partial charge in [-0.3, -0.25) is 0 Å². The van der Waals surface area contributed by atoms with Gasteiger partial charge in [0.1, 0.15) is 24.4 Å². The third-order valence-corrected chi connectivity index (χ3v) is 17.4. The fourth-order valence-electron chi connectivity index (χ4n) is 13.8. The van der Waals surface area contributed by atoms with Crippen LogP contribution < -0.4 is 0 Å². The topological polar surface area (TPSA) is 55.4 Å². The maximum atomic E-state index is 7.35. The maximum Gasteiger partial charge on any atom is 0.187 e. The first-order chi connectivity index (χ1) is 32.7. The van der Waals surface area contributed by atoms with E-state index >= 15 is 0 Å². The van der Waals surface area contributed by atoms with Gasteiger partial charge in [-0.2, -0.15) is 0 Å². The minimum Gasteiger partial charge on any atom is -0.374 e. The minimum atomic E-state index is -0.689. The summed E-state index contributed by atoms with van der Waals surface area (Å²) < 4.78 is 42.1. The van der Waals surface area contributed by atoms with Gasteiger partial charge in [0.25, 0.3) is 0 Å². The normalized spacial score (nSPS) is 33.1. The molecule has 0 amide bonds. The largest absolute Gasteiger partial charge is 0.374 e. The molecule has 3 saturated carbocycles. The van der Waals surface area contributed by atoms with Crippen LogP contribution in [0.5, 0.6) is 0 Å². The Bertz CT molecular complexity index is 2130. The molecule has 13 atom stereocenters. The Morgan fingerprint density at radius 1 is 0.597 bits per heavy atom. The standard InChI is InChI=1S/C61H80O6/c1-43(2)19-18-20-44(3)52-31-32-53-51-30-29-49-37-50(33-35-60(49,4)54(51)34-36-61(52,53)5)66-59-58(65-41-48-27-16-9-17-28-48)57(64-40-47-25-14-8-15-26-47)56(63-39-46-23-12-7-13-24-46)55(67-59)42-62-38-45-21-10-6-11-22-45/h6-17,21-29,43-44,50-59H,18-20,30-42H2,1-5H3/t44-,50?,51+,52+,53+,54-,55?,56-,57?,58?,59-,60-,61-/m1/s1. The molecule has 5 aliphatic rings. The molecule has 360 valence electrons. The first-order valence-electron chi connectivity index (χ1n) is 26.3. The Hall–Kier alpha value is -3.62. The van der Waals surface area contributed by atoms with Gasteiger partial charge in [-0.25, -0.2) is 0 Å². The van der Waals surface area contributed by atoms with E-state index in [-0.39, 0.29) is 11.5 Å². The lowest BCUT2D eigenvalue weighted by atomic mass is 9.47. The Balaban J connectivity index is 0.963. The lowest BCUT2D eigenvalue weighted by molar-refractivity contribution is -0.337. The summed E-state index contributed by atoms with van der Waals surface area (Å²) in [6, 6.07) is 41.5. The minimum absolute atomic E-state index is 0.00236.